The minimum absolute atomic E-state index is 0.359. The molecule has 22 heavy (non-hydrogen) atoms. The van der Waals surface area contributed by atoms with Crippen molar-refractivity contribution in [2.75, 3.05) is 12.8 Å². The van der Waals surface area contributed by atoms with E-state index in [0.29, 0.717) is 12.6 Å². The fourth-order valence-electron chi connectivity index (χ4n) is 2.85. The van der Waals surface area contributed by atoms with Crippen molar-refractivity contribution in [1.29, 1.82) is 0 Å². The highest BCUT2D eigenvalue weighted by molar-refractivity contribution is 7.99. The number of aromatic nitrogens is 2. The fourth-order valence-corrected chi connectivity index (χ4v) is 3.63. The summed E-state index contributed by atoms with van der Waals surface area (Å²) in [5, 5.41) is 3.57. The van der Waals surface area contributed by atoms with Crippen LogP contribution in [-0.4, -0.2) is 39.3 Å². The zero-order valence-corrected chi connectivity index (χ0v) is 14.8. The van der Waals surface area contributed by atoms with Gasteiger partial charge in [0.05, 0.1) is 6.33 Å². The molecule has 0 spiro atoms. The molecule has 5 nitrogen and oxygen atoms in total. The third-order valence-electron chi connectivity index (χ3n) is 3.88. The average molecular weight is 325 g/mol. The summed E-state index contributed by atoms with van der Waals surface area (Å²) >= 11 is 1.96. The molecule has 124 valence electrons. The van der Waals surface area contributed by atoms with Crippen molar-refractivity contribution < 1.29 is 9.53 Å². The van der Waals surface area contributed by atoms with Crippen LogP contribution in [0.3, 0.4) is 0 Å². The summed E-state index contributed by atoms with van der Waals surface area (Å²) in [6, 6.07) is 0.552. The summed E-state index contributed by atoms with van der Waals surface area (Å²) in [5.41, 5.74) is 0.727. The Kier molecular flexibility index (Phi) is 5.78. The quantitative estimate of drug-likeness (QED) is 0.901. The van der Waals surface area contributed by atoms with Crippen molar-refractivity contribution >= 4 is 17.9 Å². The lowest BCUT2D eigenvalue weighted by molar-refractivity contribution is 0.0528. The van der Waals surface area contributed by atoms with Crippen molar-refractivity contribution in [3.05, 3.63) is 18.2 Å². The van der Waals surface area contributed by atoms with Crippen LogP contribution >= 0.6 is 11.8 Å². The first-order chi connectivity index (χ1) is 10.4. The number of hydrogen-bond donors (Lipinski definition) is 1. The van der Waals surface area contributed by atoms with Crippen molar-refractivity contribution in [3.8, 4) is 0 Å². The lowest BCUT2D eigenvalue weighted by atomic mass is 10.2. The van der Waals surface area contributed by atoms with Gasteiger partial charge in [0.25, 0.3) is 0 Å². The smallest absolute Gasteiger partial charge is 0.407 e. The van der Waals surface area contributed by atoms with Crippen LogP contribution in [0.25, 0.3) is 0 Å². The zero-order valence-electron chi connectivity index (χ0n) is 14.0. The van der Waals surface area contributed by atoms with Gasteiger partial charge in [0.15, 0.2) is 0 Å². The Bertz CT molecular complexity index is 496. The van der Waals surface area contributed by atoms with E-state index in [2.05, 4.69) is 21.1 Å². The predicted molar refractivity (Wildman–Crippen MR) is 90.4 cm³/mol. The molecule has 2 atom stereocenters. The molecule has 0 aromatic carbocycles. The Labute approximate surface area is 137 Å². The second kappa shape index (κ2) is 7.40. The van der Waals surface area contributed by atoms with Crippen LogP contribution in [0.15, 0.2) is 12.5 Å². The van der Waals surface area contributed by atoms with Gasteiger partial charge in [-0.3, -0.25) is 0 Å². The van der Waals surface area contributed by atoms with Crippen molar-refractivity contribution in [2.45, 2.75) is 63.3 Å². The molecular weight excluding hydrogens is 298 g/mol. The molecule has 0 radical (unpaired) electrons. The molecule has 1 aromatic heterocycles. The lowest BCUT2D eigenvalue weighted by Gasteiger charge is -2.20. The van der Waals surface area contributed by atoms with E-state index in [4.69, 9.17) is 4.74 Å². The minimum atomic E-state index is -0.456. The van der Waals surface area contributed by atoms with Crippen LogP contribution in [0.5, 0.6) is 0 Å². The van der Waals surface area contributed by atoms with E-state index in [9.17, 15) is 4.79 Å². The molecule has 0 saturated heterocycles. The Morgan fingerprint density at radius 2 is 2.27 bits per heavy atom. The van der Waals surface area contributed by atoms with Crippen LogP contribution in [0.2, 0.25) is 0 Å². The minimum Gasteiger partial charge on any atom is -0.444 e. The molecule has 1 aromatic rings. The number of amides is 1. The normalized spacial score (nSPS) is 21.8. The molecule has 1 aliphatic carbocycles. The van der Waals surface area contributed by atoms with Gasteiger partial charge in [0.1, 0.15) is 5.60 Å². The van der Waals surface area contributed by atoms with Gasteiger partial charge < -0.3 is 14.6 Å². The number of thioether (sulfide) groups is 1. The third kappa shape index (κ3) is 4.93. The molecule has 2 unspecified atom stereocenters. The summed E-state index contributed by atoms with van der Waals surface area (Å²) in [6.07, 6.45) is 10.1. The summed E-state index contributed by atoms with van der Waals surface area (Å²) in [4.78, 5) is 15.9. The highest BCUT2D eigenvalue weighted by Gasteiger charge is 2.26. The van der Waals surface area contributed by atoms with Crippen molar-refractivity contribution in [2.24, 2.45) is 0 Å². The van der Waals surface area contributed by atoms with E-state index in [1.807, 2.05) is 45.1 Å². The molecule has 0 aliphatic heterocycles. The maximum absolute atomic E-state index is 11.7. The number of hydrogen-bond acceptors (Lipinski definition) is 4. The number of rotatable bonds is 5. The Hall–Kier alpha value is -1.17. The van der Waals surface area contributed by atoms with Crippen molar-refractivity contribution in [1.82, 2.24) is 14.9 Å². The number of carbonyl (C=O) groups excluding carboxylic acids is 1. The number of ether oxygens (including phenoxy) is 1. The predicted octanol–water partition coefficient (Wildman–Crippen LogP) is 3.41. The molecule has 1 aliphatic rings. The molecule has 1 saturated carbocycles. The van der Waals surface area contributed by atoms with Gasteiger partial charge in [-0.2, -0.15) is 11.8 Å². The highest BCUT2D eigenvalue weighted by Crippen LogP contribution is 2.36. The maximum atomic E-state index is 11.7. The van der Waals surface area contributed by atoms with Gasteiger partial charge in [-0.25, -0.2) is 9.78 Å². The second-order valence-electron chi connectivity index (χ2n) is 6.80. The molecule has 1 fully saturated rings. The van der Waals surface area contributed by atoms with Crippen LogP contribution in [0.1, 0.15) is 51.8 Å². The van der Waals surface area contributed by atoms with Gasteiger partial charge >= 0.3 is 6.09 Å². The Balaban J connectivity index is 1.82. The number of alkyl carbamates (subject to hydrolysis) is 1. The topological polar surface area (TPSA) is 56.2 Å². The van der Waals surface area contributed by atoms with E-state index in [1.54, 1.807) is 0 Å². The summed E-state index contributed by atoms with van der Waals surface area (Å²) in [7, 11) is 0. The highest BCUT2D eigenvalue weighted by atomic mass is 32.2. The first-order valence-corrected chi connectivity index (χ1v) is 9.18. The maximum Gasteiger partial charge on any atom is 0.407 e. The van der Waals surface area contributed by atoms with Gasteiger partial charge in [-0.15, -0.1) is 0 Å². The molecular formula is C16H27N3O2S. The molecule has 0 bridgehead atoms. The van der Waals surface area contributed by atoms with Crippen LogP contribution in [-0.2, 0) is 11.2 Å². The number of nitrogens with zero attached hydrogens (tertiary/aromatic N) is 2. The molecule has 6 heteroatoms. The molecule has 1 amide bonds. The van der Waals surface area contributed by atoms with Gasteiger partial charge in [0, 0.05) is 36.1 Å². The van der Waals surface area contributed by atoms with Gasteiger partial charge in [-0.1, -0.05) is 0 Å². The van der Waals surface area contributed by atoms with E-state index in [-0.39, 0.29) is 6.09 Å². The lowest BCUT2D eigenvalue weighted by Crippen LogP contribution is -2.33. The number of nitrogens with one attached hydrogen (secondary N) is 1. The fraction of sp³-hybridized carbons (Fsp3) is 0.750. The Morgan fingerprint density at radius 3 is 2.91 bits per heavy atom. The second-order valence-corrected chi connectivity index (χ2v) is 7.93. The first kappa shape index (κ1) is 17.2. The van der Waals surface area contributed by atoms with Crippen LogP contribution in [0.4, 0.5) is 4.79 Å². The number of imidazole rings is 1. The van der Waals surface area contributed by atoms with E-state index in [0.717, 1.165) is 11.7 Å². The van der Waals surface area contributed by atoms with Crippen molar-refractivity contribution in [3.63, 3.8) is 0 Å². The zero-order chi connectivity index (χ0) is 16.2. The van der Waals surface area contributed by atoms with E-state index < -0.39 is 5.60 Å². The van der Waals surface area contributed by atoms with Gasteiger partial charge in [-0.05, 0) is 46.3 Å². The molecule has 2 rings (SSSR count). The van der Waals surface area contributed by atoms with Gasteiger partial charge in [0.2, 0.25) is 0 Å². The molecule has 1 heterocycles. The average Bonchev–Trinajstić information content (AvgIpc) is 3.03. The summed E-state index contributed by atoms with van der Waals surface area (Å²) < 4.78 is 7.53. The first-order valence-electron chi connectivity index (χ1n) is 7.89. The van der Waals surface area contributed by atoms with Crippen LogP contribution < -0.4 is 5.32 Å². The largest absolute Gasteiger partial charge is 0.444 e. The van der Waals surface area contributed by atoms with E-state index in [1.165, 1.54) is 25.0 Å². The summed E-state index contributed by atoms with van der Waals surface area (Å²) in [5.74, 6) is 0. The standard InChI is InChI=1S/C16H27N3O2S/c1-16(2,3)21-15(20)18-8-7-13-10-17-11-19(13)12-5-6-14(9-12)22-4/h10-12,14H,5-9H2,1-4H3,(H,18,20). The SMILES string of the molecule is CSC1CCC(n2cncc2CCNC(=O)OC(C)(C)C)C1. The van der Waals surface area contributed by atoms with Crippen LogP contribution in [0, 0.1) is 0 Å². The molecule has 1 N–H and O–H groups in total. The summed E-state index contributed by atoms with van der Waals surface area (Å²) in [6.45, 7) is 6.16. The third-order valence-corrected chi connectivity index (χ3v) is 4.97. The Morgan fingerprint density at radius 1 is 1.50 bits per heavy atom. The monoisotopic (exact) mass is 325 g/mol. The van der Waals surface area contributed by atoms with E-state index >= 15 is 0 Å². The number of carbonyl (C=O) groups is 1.